The largest absolute Gasteiger partial charge is 0.907 e. The molecule has 0 saturated heterocycles. The number of quaternary nitrogens is 4. The minimum atomic E-state index is -2.92. The molecule has 0 unspecified atom stereocenters. The van der Waals surface area contributed by atoms with Gasteiger partial charge in [0.2, 0.25) is 0 Å². The molecule has 13 heteroatoms. The Kier molecular flexibility index (Phi) is 40.4. The van der Waals surface area contributed by atoms with Crippen LogP contribution in [0.25, 0.3) is 0 Å². The van der Waals surface area contributed by atoms with E-state index in [1.54, 1.807) is 19.1 Å². The first kappa shape index (κ1) is 58.5. The lowest BCUT2D eigenvalue weighted by Crippen LogP contribution is -2.56. The van der Waals surface area contributed by atoms with E-state index < -0.39 is 13.3 Å². The lowest BCUT2D eigenvalue weighted by Gasteiger charge is -2.35. The van der Waals surface area contributed by atoms with Gasteiger partial charge in [0, 0.05) is 12.2 Å². The average molecular weight is 735 g/mol. The molecule has 1 rings (SSSR count). The van der Waals surface area contributed by atoms with Crippen LogP contribution in [0.1, 0.15) is 100 Å². The van der Waals surface area contributed by atoms with Crippen LogP contribution in [0.5, 0.6) is 5.75 Å². The fourth-order valence-electron chi connectivity index (χ4n) is 3.60. The van der Waals surface area contributed by atoms with E-state index in [1.165, 1.54) is 109 Å². The summed E-state index contributed by atoms with van der Waals surface area (Å²) >= 11 is 0. The molecule has 12 nitrogen and oxygen atoms in total. The number of carboxylic acid groups (broad SMARTS) is 1. The summed E-state index contributed by atoms with van der Waals surface area (Å²) in [5.41, 5.74) is -0.0611. The van der Waals surface area contributed by atoms with Gasteiger partial charge in [-0.05, 0) is 102 Å². The van der Waals surface area contributed by atoms with E-state index >= 15 is 0 Å². The number of nitrogens with zero attached hydrogens (tertiary/aromatic N) is 4. The number of rotatable bonds is 18. The van der Waals surface area contributed by atoms with Crippen molar-refractivity contribution < 1.29 is 57.4 Å². The van der Waals surface area contributed by atoms with Gasteiger partial charge in [0.1, 0.15) is 0 Å². The van der Waals surface area contributed by atoms with Crippen LogP contribution in [0.4, 0.5) is 0 Å². The Hall–Kier alpha value is -1.81. The number of carbonyl (C=O) groups is 1. The summed E-state index contributed by atoms with van der Waals surface area (Å²) in [7, 11) is 6.25. The standard InChI is InChI=1S/C10H12O5.4C7H18N.BO3/c1-2-13-7-14-15-9-6-4-3-5-8(9)10(11)12;4*1-5-8(4,6-2)7-3;2-1(3)4/h3-6H,2,7H2,1H3,(H,11,12);4*5-7H2,1-4H3;/q;4*+1;-3/p-1. The Labute approximate surface area is 316 Å². The molecule has 1 aromatic carbocycles. The van der Waals surface area contributed by atoms with Crippen molar-refractivity contribution in [2.45, 2.75) is 90.0 Å². The first-order chi connectivity index (χ1) is 23.7. The number of carbonyl (C=O) groups excluding carboxylic acids is 1. The van der Waals surface area contributed by atoms with Crippen LogP contribution in [-0.2, 0) is 9.62 Å². The molecule has 0 bridgehead atoms. The molecule has 51 heavy (non-hydrogen) atoms. The van der Waals surface area contributed by atoms with Crippen molar-refractivity contribution >= 4 is 13.3 Å². The molecule has 0 aliphatic rings. The SMILES string of the molecule is CCOCOOc1ccccc1C(=O)[O-].CC[N+](C)(CC)CC.CC[N+](C)(CC)CC.CC[N+](C)(CC)CC.CC[N+](C)(CC)CC.[O-]B([O-])[O-]. The number of hydrogen-bond donors (Lipinski definition) is 0. The molecule has 0 atom stereocenters. The molecule has 0 radical (unpaired) electrons. The Morgan fingerprint density at radius 1 is 0.549 bits per heavy atom. The van der Waals surface area contributed by atoms with Crippen LogP contribution >= 0.6 is 0 Å². The zero-order chi connectivity index (χ0) is 41.2. The van der Waals surface area contributed by atoms with Gasteiger partial charge in [0.15, 0.2) is 12.5 Å². The van der Waals surface area contributed by atoms with Gasteiger partial charge in [0.25, 0.3) is 0 Å². The van der Waals surface area contributed by atoms with Crippen LogP contribution in [-0.4, -0.2) is 151 Å². The minimum Gasteiger partial charge on any atom is -0.907 e. The second-order valence-electron chi connectivity index (χ2n) is 13.2. The Bertz CT molecular complexity index is 789. The van der Waals surface area contributed by atoms with Crippen molar-refractivity contribution in [3.05, 3.63) is 29.8 Å². The van der Waals surface area contributed by atoms with Crippen molar-refractivity contribution in [3.8, 4) is 5.75 Å². The van der Waals surface area contributed by atoms with Gasteiger partial charge in [-0.1, -0.05) is 12.1 Å². The second kappa shape index (κ2) is 35.2. The molecular formula is C38H83BN4O8. The fraction of sp³-hybridized carbons (Fsp3) is 0.816. The lowest BCUT2D eigenvalue weighted by atomic mass is 10.2. The molecule has 1 aromatic rings. The Balaban J connectivity index is -0.000000174. The highest BCUT2D eigenvalue weighted by Gasteiger charge is 2.13. The van der Waals surface area contributed by atoms with Crippen molar-refractivity contribution in [1.29, 1.82) is 0 Å². The van der Waals surface area contributed by atoms with Crippen LogP contribution in [0.15, 0.2) is 24.3 Å². The first-order valence-corrected chi connectivity index (χ1v) is 19.2. The maximum atomic E-state index is 10.6. The zero-order valence-electron chi connectivity index (χ0n) is 36.3. The topological polar surface area (TPSA) is 137 Å². The van der Waals surface area contributed by atoms with Crippen LogP contribution < -0.4 is 25.1 Å². The van der Waals surface area contributed by atoms with E-state index in [9.17, 15) is 9.90 Å². The van der Waals surface area contributed by atoms with Gasteiger partial charge in [-0.2, -0.15) is 4.89 Å². The minimum absolute atomic E-state index is 0.0577. The van der Waals surface area contributed by atoms with Gasteiger partial charge < -0.3 is 52.5 Å². The van der Waals surface area contributed by atoms with Gasteiger partial charge in [-0.25, -0.2) is 0 Å². The summed E-state index contributed by atoms with van der Waals surface area (Å²) in [6, 6.07) is 6.04. The van der Waals surface area contributed by atoms with Crippen LogP contribution in [0, 0.1) is 0 Å². The van der Waals surface area contributed by atoms with Crippen molar-refractivity contribution in [1.82, 2.24) is 0 Å². The summed E-state index contributed by atoms with van der Waals surface area (Å²) in [5.74, 6) is -1.22. The molecule has 0 saturated carbocycles. The lowest BCUT2D eigenvalue weighted by molar-refractivity contribution is -0.904. The molecular weight excluding hydrogens is 651 g/mol. The first-order valence-electron chi connectivity index (χ1n) is 19.2. The summed E-state index contributed by atoms with van der Waals surface area (Å²) in [6.45, 7) is 44.2. The van der Waals surface area contributed by atoms with Crippen LogP contribution in [0.2, 0.25) is 0 Å². The Morgan fingerprint density at radius 2 is 0.804 bits per heavy atom. The monoisotopic (exact) mass is 735 g/mol. The average Bonchev–Trinajstić information content (AvgIpc) is 3.16. The van der Waals surface area contributed by atoms with Gasteiger partial charge in [-0.3, -0.25) is 7.32 Å². The predicted molar refractivity (Wildman–Crippen MR) is 206 cm³/mol. The number of carboxylic acids is 1. The number of aromatic carboxylic acids is 1. The molecule has 306 valence electrons. The molecule has 0 fully saturated rings. The van der Waals surface area contributed by atoms with Crippen molar-refractivity contribution in [3.63, 3.8) is 0 Å². The summed E-state index contributed by atoms with van der Waals surface area (Å²) in [5, 5.41) is 35.9. The molecule has 0 amide bonds. The summed E-state index contributed by atoms with van der Waals surface area (Å²) in [4.78, 5) is 20.0. The van der Waals surface area contributed by atoms with E-state index in [4.69, 9.17) is 24.7 Å². The van der Waals surface area contributed by atoms with Crippen molar-refractivity contribution in [2.24, 2.45) is 0 Å². The number of benzene rings is 1. The maximum absolute atomic E-state index is 10.6. The number of ether oxygens (including phenoxy) is 1. The summed E-state index contributed by atoms with van der Waals surface area (Å²) < 4.78 is 9.68. The van der Waals surface area contributed by atoms with Gasteiger partial charge in [0.05, 0.1) is 113 Å². The molecule has 0 aromatic heterocycles. The van der Waals surface area contributed by atoms with E-state index in [1.807, 2.05) is 0 Å². The molecule has 0 N–H and O–H groups in total. The zero-order valence-corrected chi connectivity index (χ0v) is 36.3. The molecule has 0 aliphatic heterocycles. The van der Waals surface area contributed by atoms with E-state index in [0.717, 1.165) is 0 Å². The number of hydrogen-bond acceptors (Lipinski definition) is 8. The van der Waals surface area contributed by atoms with E-state index in [0.29, 0.717) is 6.61 Å². The van der Waals surface area contributed by atoms with E-state index in [-0.39, 0.29) is 18.1 Å². The molecule has 0 spiro atoms. The molecule has 0 heterocycles. The quantitative estimate of drug-likeness (QED) is 0.0561. The normalized spacial score (nSPS) is 11.0. The van der Waals surface area contributed by atoms with Crippen molar-refractivity contribution in [2.75, 3.05) is 120 Å². The highest BCUT2D eigenvalue weighted by molar-refractivity contribution is 6.24. The third kappa shape index (κ3) is 33.8. The predicted octanol–water partition coefficient (Wildman–Crippen LogP) is 2.38. The second-order valence-corrected chi connectivity index (χ2v) is 13.2. The van der Waals surface area contributed by atoms with Gasteiger partial charge in [-0.15, -0.1) is 0 Å². The smallest absolute Gasteiger partial charge is 0.192 e. The molecule has 0 aliphatic carbocycles. The fourth-order valence-corrected chi connectivity index (χ4v) is 3.60. The van der Waals surface area contributed by atoms with Crippen LogP contribution in [0.3, 0.4) is 0 Å². The third-order valence-corrected chi connectivity index (χ3v) is 10.8. The van der Waals surface area contributed by atoms with E-state index in [2.05, 4.69) is 116 Å². The summed E-state index contributed by atoms with van der Waals surface area (Å²) in [6.07, 6.45) is 0. The number of para-hydroxylation sites is 1. The third-order valence-electron chi connectivity index (χ3n) is 10.8. The maximum Gasteiger partial charge on any atom is 0.192 e. The Morgan fingerprint density at radius 3 is 1.00 bits per heavy atom. The highest BCUT2D eigenvalue weighted by atomic mass is 17.2. The van der Waals surface area contributed by atoms with Gasteiger partial charge >= 0.3 is 0 Å². The highest BCUT2D eigenvalue weighted by Crippen LogP contribution is 2.17.